The normalized spacial score (nSPS) is 19.1. The molecule has 160 valence electrons. The largest absolute Gasteiger partial charge is 0.498 e. The molecule has 1 atom stereocenters. The predicted octanol–water partition coefficient (Wildman–Crippen LogP) is 4.07. The van der Waals surface area contributed by atoms with Crippen molar-refractivity contribution in [1.29, 1.82) is 0 Å². The Balaban J connectivity index is 3.42. The van der Waals surface area contributed by atoms with Crippen LogP contribution < -0.4 is 0 Å². The highest BCUT2D eigenvalue weighted by molar-refractivity contribution is 8.09. The topological polar surface area (TPSA) is 77.5 Å². The molecule has 0 bridgehead atoms. The zero-order chi connectivity index (χ0) is 21.3. The Kier molecular flexibility index (Phi) is 7.28. The van der Waals surface area contributed by atoms with Crippen LogP contribution in [0.25, 0.3) is 0 Å². The second-order valence-corrected chi connectivity index (χ2v) is 10.9. The van der Waals surface area contributed by atoms with Crippen molar-refractivity contribution in [2.75, 3.05) is 0 Å². The Bertz CT molecular complexity index is 689. The first-order valence-corrected chi connectivity index (χ1v) is 11.0. The molecule has 0 saturated heterocycles. The van der Waals surface area contributed by atoms with Crippen LogP contribution in [0.1, 0.15) is 45.4 Å². The van der Waals surface area contributed by atoms with Crippen molar-refractivity contribution >= 4 is 19.7 Å². The second kappa shape index (κ2) is 8.18. The summed E-state index contributed by atoms with van der Waals surface area (Å²) in [5.41, 5.74) is -12.3. The highest BCUT2D eigenvalue weighted by atomic mass is 32.3. The van der Waals surface area contributed by atoms with E-state index in [2.05, 4.69) is 6.58 Å². The number of alkyl halides is 6. The number of halogens is 6. The summed E-state index contributed by atoms with van der Waals surface area (Å²) in [7, 11) is -13.3. The van der Waals surface area contributed by atoms with E-state index in [9.17, 15) is 43.2 Å². The van der Waals surface area contributed by atoms with Crippen LogP contribution in [0.5, 0.6) is 0 Å². The number of rotatable bonds is 7. The highest BCUT2D eigenvalue weighted by Gasteiger charge is 2.63. The van der Waals surface area contributed by atoms with E-state index in [0.29, 0.717) is 25.7 Å². The van der Waals surface area contributed by atoms with E-state index in [4.69, 9.17) is 4.74 Å². The minimum atomic E-state index is -6.67. The lowest BCUT2D eigenvalue weighted by Crippen LogP contribution is -2.47. The zero-order valence-corrected chi connectivity index (χ0v) is 15.9. The molecule has 1 aliphatic rings. The van der Waals surface area contributed by atoms with Crippen LogP contribution >= 0.6 is 0 Å². The molecule has 0 N–H and O–H groups in total. The second-order valence-electron chi connectivity index (χ2n) is 6.40. The average molecular weight is 446 g/mol. The summed E-state index contributed by atoms with van der Waals surface area (Å²) in [5.74, 6) is -0.650. The molecular weight excluding hydrogens is 426 g/mol. The number of allylic oxidation sites excluding steroid dienone is 1. The van der Waals surface area contributed by atoms with E-state index in [-0.39, 0.29) is 5.76 Å². The van der Waals surface area contributed by atoms with Crippen molar-refractivity contribution in [3.05, 3.63) is 12.3 Å². The van der Waals surface area contributed by atoms with Gasteiger partial charge in [0.1, 0.15) is 6.10 Å². The first-order valence-electron chi connectivity index (χ1n) is 7.94. The van der Waals surface area contributed by atoms with Crippen molar-refractivity contribution in [3.8, 4) is 0 Å². The lowest BCUT2D eigenvalue weighted by Gasteiger charge is -2.33. The molecule has 1 rings (SSSR count). The van der Waals surface area contributed by atoms with Gasteiger partial charge in [-0.15, -0.1) is 0 Å². The maximum absolute atomic E-state index is 12.9. The molecular formula is C14H20F6O5S2. The van der Waals surface area contributed by atoms with Gasteiger partial charge in [0, 0.05) is 6.42 Å². The van der Waals surface area contributed by atoms with Crippen LogP contribution in [0.4, 0.5) is 26.3 Å². The quantitative estimate of drug-likeness (QED) is 0.435. The van der Waals surface area contributed by atoms with Crippen molar-refractivity contribution in [1.82, 2.24) is 0 Å². The Labute approximate surface area is 153 Å². The van der Waals surface area contributed by atoms with Gasteiger partial charge >= 0.3 is 11.0 Å². The van der Waals surface area contributed by atoms with Gasteiger partial charge in [-0.25, -0.2) is 16.8 Å². The van der Waals surface area contributed by atoms with Gasteiger partial charge in [-0.1, -0.05) is 25.8 Å². The van der Waals surface area contributed by atoms with Crippen LogP contribution in [0.15, 0.2) is 12.3 Å². The molecule has 0 radical (unpaired) electrons. The Morgan fingerprint density at radius 2 is 1.37 bits per heavy atom. The van der Waals surface area contributed by atoms with Crippen molar-refractivity contribution < 1.29 is 47.9 Å². The van der Waals surface area contributed by atoms with Gasteiger partial charge in [0.15, 0.2) is 4.58 Å². The van der Waals surface area contributed by atoms with Crippen LogP contribution in [0.2, 0.25) is 0 Å². The molecule has 0 aromatic carbocycles. The molecule has 5 nitrogen and oxygen atoms in total. The molecule has 13 heteroatoms. The van der Waals surface area contributed by atoms with E-state index >= 15 is 0 Å². The molecule has 0 amide bonds. The Morgan fingerprint density at radius 1 is 0.963 bits per heavy atom. The third-order valence-electron chi connectivity index (χ3n) is 4.29. The predicted molar refractivity (Wildman–Crippen MR) is 84.6 cm³/mol. The van der Waals surface area contributed by atoms with Crippen LogP contribution in [0.3, 0.4) is 0 Å². The van der Waals surface area contributed by atoms with E-state index < -0.39 is 53.7 Å². The molecule has 1 saturated carbocycles. The summed E-state index contributed by atoms with van der Waals surface area (Å²) in [4.78, 5) is 0. The Hall–Kier alpha value is -0.980. The molecule has 27 heavy (non-hydrogen) atoms. The lowest BCUT2D eigenvalue weighted by atomic mass is 9.84. The Morgan fingerprint density at radius 3 is 1.70 bits per heavy atom. The summed E-state index contributed by atoms with van der Waals surface area (Å²) in [6.07, 6.45) is -0.191. The molecule has 1 unspecified atom stereocenters. The summed E-state index contributed by atoms with van der Waals surface area (Å²) in [6, 6.07) is 0. The highest BCUT2D eigenvalue weighted by Crippen LogP contribution is 2.41. The van der Waals surface area contributed by atoms with E-state index in [1.807, 2.05) is 0 Å². The molecule has 0 heterocycles. The van der Waals surface area contributed by atoms with Gasteiger partial charge in [0.2, 0.25) is 0 Å². The van der Waals surface area contributed by atoms with Crippen LogP contribution in [0, 0.1) is 5.92 Å². The number of ether oxygens (including phenoxy) is 1. The van der Waals surface area contributed by atoms with E-state index in [0.717, 1.165) is 6.42 Å². The maximum atomic E-state index is 12.9. The van der Waals surface area contributed by atoms with Gasteiger partial charge in [0.25, 0.3) is 19.7 Å². The third-order valence-corrected chi connectivity index (χ3v) is 8.87. The first-order chi connectivity index (χ1) is 12.0. The number of hydrogen-bond acceptors (Lipinski definition) is 5. The number of hydrogen-bond donors (Lipinski definition) is 0. The van der Waals surface area contributed by atoms with E-state index in [1.54, 1.807) is 0 Å². The van der Waals surface area contributed by atoms with Crippen molar-refractivity contribution in [2.24, 2.45) is 5.92 Å². The standard InChI is InChI=1S/C14H20F6O5S2/c1-9(2)25-11(10-6-4-3-5-7-10)8-12(26(21,22)13(15,16)17)27(23,24)14(18,19)20/h10-12H,1,3-8H2,2H3. The minimum absolute atomic E-state index is 0.0712. The molecule has 0 aliphatic heterocycles. The molecule has 1 fully saturated rings. The average Bonchev–Trinajstić information content (AvgIpc) is 2.49. The summed E-state index contributed by atoms with van der Waals surface area (Å²) in [5, 5.41) is 0. The summed E-state index contributed by atoms with van der Waals surface area (Å²) >= 11 is 0. The van der Waals surface area contributed by atoms with Crippen molar-refractivity contribution in [2.45, 2.75) is 67.2 Å². The lowest BCUT2D eigenvalue weighted by molar-refractivity contribution is -0.0482. The van der Waals surface area contributed by atoms with Gasteiger partial charge in [-0.2, -0.15) is 26.3 Å². The number of sulfone groups is 2. The van der Waals surface area contributed by atoms with Gasteiger partial charge < -0.3 is 4.74 Å². The fourth-order valence-electron chi connectivity index (χ4n) is 3.01. The third kappa shape index (κ3) is 5.52. The van der Waals surface area contributed by atoms with Gasteiger partial charge in [0.05, 0.1) is 5.76 Å². The monoisotopic (exact) mass is 446 g/mol. The molecule has 0 aromatic heterocycles. The molecule has 0 aromatic rings. The maximum Gasteiger partial charge on any atom is 0.498 e. The van der Waals surface area contributed by atoms with E-state index in [1.165, 1.54) is 6.92 Å². The van der Waals surface area contributed by atoms with Crippen molar-refractivity contribution in [3.63, 3.8) is 0 Å². The minimum Gasteiger partial charge on any atom is -0.495 e. The SMILES string of the molecule is C=C(C)OC(CC(S(=O)(=O)C(F)(F)F)S(=O)(=O)C(F)(F)F)C1CCCCC1. The van der Waals surface area contributed by atoms with Gasteiger partial charge in [-0.3, -0.25) is 0 Å². The summed E-state index contributed by atoms with van der Waals surface area (Å²) in [6.45, 7) is 4.63. The zero-order valence-electron chi connectivity index (χ0n) is 14.3. The first kappa shape index (κ1) is 24.1. The fourth-order valence-corrected chi connectivity index (χ4v) is 6.48. The smallest absolute Gasteiger partial charge is 0.495 e. The fraction of sp³-hybridized carbons (Fsp3) is 0.857. The van der Waals surface area contributed by atoms with Crippen LogP contribution in [-0.2, 0) is 24.4 Å². The molecule has 1 aliphatic carbocycles. The molecule has 0 spiro atoms. The summed E-state index contributed by atoms with van der Waals surface area (Å²) < 4.78 is 125. The van der Waals surface area contributed by atoms with Gasteiger partial charge in [-0.05, 0) is 25.7 Å². The van der Waals surface area contributed by atoms with Crippen LogP contribution in [-0.4, -0.2) is 38.5 Å².